The van der Waals surface area contributed by atoms with Crippen molar-refractivity contribution in [2.45, 2.75) is 30.6 Å². The number of hydrogen-bond donors (Lipinski definition) is 0. The van der Waals surface area contributed by atoms with Gasteiger partial charge in [-0.25, -0.2) is 4.79 Å². The van der Waals surface area contributed by atoms with Gasteiger partial charge >= 0.3 is 16.1 Å². The molecule has 9 nitrogen and oxygen atoms in total. The van der Waals surface area contributed by atoms with E-state index in [-0.39, 0.29) is 63.2 Å². The standard InChI is InChI=1S/C37H31NO8S/c1-22-7-17-29(18-8-22)47(43,44)46-28-15-11-24(12-16-28)32(39)21-45-37(42)25-9-13-27(14-10-25)38-35(40)33-26-19-30(23-5-3-2-4-6-23)31(20-26)34(33)36(38)41/h2-18,26,30-31,33-34H,19-21H2,1H3/t26-,30+,31+,33-,34-/m0/s1. The van der Waals surface area contributed by atoms with E-state index in [0.29, 0.717) is 5.69 Å². The number of aryl methyl sites for hydroxylation is 1. The van der Waals surface area contributed by atoms with E-state index in [1.807, 2.05) is 25.1 Å². The van der Waals surface area contributed by atoms with E-state index in [4.69, 9.17) is 8.92 Å². The van der Waals surface area contributed by atoms with Gasteiger partial charge in [-0.2, -0.15) is 8.42 Å². The summed E-state index contributed by atoms with van der Waals surface area (Å²) in [6, 6.07) is 27.9. The number of imide groups is 1. The molecule has 4 aromatic rings. The topological polar surface area (TPSA) is 124 Å². The Morgan fingerprint density at radius 2 is 1.40 bits per heavy atom. The molecule has 2 bridgehead atoms. The summed E-state index contributed by atoms with van der Waals surface area (Å²) in [4.78, 5) is 53.7. The average molecular weight is 650 g/mol. The van der Waals surface area contributed by atoms with Gasteiger partial charge in [-0.1, -0.05) is 48.0 Å². The third-order valence-electron chi connectivity index (χ3n) is 9.63. The average Bonchev–Trinajstić information content (AvgIpc) is 3.75. The SMILES string of the molecule is Cc1ccc(S(=O)(=O)Oc2ccc(C(=O)COC(=O)c3ccc(N4C(=O)[C@H]5[C@@H]6C[C@@H]([C@@H]5C4=O)[C@@H](c4ccccc4)C6)cc3)cc2)cc1. The highest BCUT2D eigenvalue weighted by Gasteiger charge is 2.64. The molecule has 0 spiro atoms. The van der Waals surface area contributed by atoms with Gasteiger partial charge in [0.2, 0.25) is 11.8 Å². The molecule has 3 aliphatic rings. The summed E-state index contributed by atoms with van der Waals surface area (Å²) in [6.07, 6.45) is 1.79. The van der Waals surface area contributed by atoms with Crippen molar-refractivity contribution in [2.75, 3.05) is 11.5 Å². The van der Waals surface area contributed by atoms with Gasteiger partial charge in [-0.3, -0.25) is 19.3 Å². The molecule has 10 heteroatoms. The Kier molecular flexibility index (Phi) is 7.76. The molecule has 0 unspecified atom stereocenters. The van der Waals surface area contributed by atoms with Gasteiger partial charge < -0.3 is 8.92 Å². The molecule has 2 aliphatic carbocycles. The Morgan fingerprint density at radius 1 is 0.766 bits per heavy atom. The van der Waals surface area contributed by atoms with E-state index < -0.39 is 28.5 Å². The molecular formula is C37H31NO8S. The molecule has 0 aromatic heterocycles. The smallest absolute Gasteiger partial charge is 0.339 e. The van der Waals surface area contributed by atoms with Crippen molar-refractivity contribution in [3.63, 3.8) is 0 Å². The van der Waals surface area contributed by atoms with E-state index in [1.54, 1.807) is 24.3 Å². The van der Waals surface area contributed by atoms with Crippen molar-refractivity contribution in [3.8, 4) is 5.75 Å². The van der Waals surface area contributed by atoms with Gasteiger partial charge in [-0.15, -0.1) is 0 Å². The number of Topliss-reactive ketones (excluding diaryl/α,β-unsaturated/α-hetero) is 1. The molecule has 0 N–H and O–H groups in total. The third kappa shape index (κ3) is 5.63. The highest BCUT2D eigenvalue weighted by molar-refractivity contribution is 7.87. The number of carbonyl (C=O) groups is 4. The second kappa shape index (κ2) is 11.9. The third-order valence-corrected chi connectivity index (χ3v) is 10.9. The summed E-state index contributed by atoms with van der Waals surface area (Å²) in [5, 5.41) is 0. The van der Waals surface area contributed by atoms with Crippen molar-refractivity contribution in [2.24, 2.45) is 23.7 Å². The van der Waals surface area contributed by atoms with Crippen LogP contribution in [0.15, 0.2) is 108 Å². The number of fused-ring (bicyclic) bond motifs is 5. The first-order valence-electron chi connectivity index (χ1n) is 15.4. The van der Waals surface area contributed by atoms with Crippen molar-refractivity contribution < 1.29 is 36.5 Å². The van der Waals surface area contributed by atoms with E-state index in [1.165, 1.54) is 59.0 Å². The Hall–Kier alpha value is -5.09. The molecule has 0 radical (unpaired) electrons. The summed E-state index contributed by atoms with van der Waals surface area (Å²) in [6.45, 7) is 1.30. The molecule has 47 heavy (non-hydrogen) atoms. The summed E-state index contributed by atoms with van der Waals surface area (Å²) < 4.78 is 35.4. The maximum Gasteiger partial charge on any atom is 0.339 e. The fourth-order valence-corrected chi connectivity index (χ4v) is 8.35. The lowest BCUT2D eigenvalue weighted by Gasteiger charge is -2.28. The number of esters is 1. The van der Waals surface area contributed by atoms with Crippen molar-refractivity contribution in [1.29, 1.82) is 0 Å². The lowest BCUT2D eigenvalue weighted by molar-refractivity contribution is -0.123. The fraction of sp³-hybridized carbons (Fsp3) is 0.243. The zero-order valence-corrected chi connectivity index (χ0v) is 26.3. The quantitative estimate of drug-likeness (QED) is 0.0975. The van der Waals surface area contributed by atoms with E-state index in [9.17, 15) is 27.6 Å². The Labute approximate surface area is 272 Å². The second-order valence-electron chi connectivity index (χ2n) is 12.4. The van der Waals surface area contributed by atoms with Crippen LogP contribution >= 0.6 is 0 Å². The van der Waals surface area contributed by atoms with Crippen molar-refractivity contribution in [3.05, 3.63) is 125 Å². The Balaban J connectivity index is 0.954. The van der Waals surface area contributed by atoms with Crippen molar-refractivity contribution in [1.82, 2.24) is 0 Å². The number of amides is 2. The molecule has 7 rings (SSSR count). The number of hydrogen-bond acceptors (Lipinski definition) is 8. The van der Waals surface area contributed by atoms with Crippen LogP contribution in [0.25, 0.3) is 0 Å². The van der Waals surface area contributed by atoms with Crippen LogP contribution in [0.5, 0.6) is 5.75 Å². The molecule has 1 saturated heterocycles. The minimum atomic E-state index is -4.04. The van der Waals surface area contributed by atoms with E-state index in [0.717, 1.165) is 18.4 Å². The minimum Gasteiger partial charge on any atom is -0.454 e. The first kappa shape index (κ1) is 30.6. The van der Waals surface area contributed by atoms with Crippen LogP contribution in [-0.4, -0.2) is 38.6 Å². The van der Waals surface area contributed by atoms with E-state index in [2.05, 4.69) is 12.1 Å². The molecule has 2 amide bonds. The summed E-state index contributed by atoms with van der Waals surface area (Å²) in [7, 11) is -4.04. The van der Waals surface area contributed by atoms with Crippen LogP contribution in [0.4, 0.5) is 5.69 Å². The van der Waals surface area contributed by atoms with Gasteiger partial charge in [0.1, 0.15) is 10.6 Å². The number of nitrogens with zero attached hydrogens (tertiary/aromatic N) is 1. The molecule has 1 heterocycles. The Morgan fingerprint density at radius 3 is 2.09 bits per heavy atom. The fourth-order valence-electron chi connectivity index (χ4n) is 7.42. The number of ether oxygens (including phenoxy) is 1. The highest BCUT2D eigenvalue weighted by Crippen LogP contribution is 2.61. The predicted molar refractivity (Wildman–Crippen MR) is 171 cm³/mol. The van der Waals surface area contributed by atoms with E-state index >= 15 is 0 Å². The lowest BCUT2D eigenvalue weighted by Crippen LogP contribution is -2.33. The summed E-state index contributed by atoms with van der Waals surface area (Å²) in [5.74, 6) is -1.62. The summed E-state index contributed by atoms with van der Waals surface area (Å²) in [5.41, 5.74) is 2.90. The number of benzene rings is 4. The van der Waals surface area contributed by atoms with Crippen LogP contribution in [0.1, 0.15) is 50.6 Å². The summed E-state index contributed by atoms with van der Waals surface area (Å²) >= 11 is 0. The molecule has 3 fully saturated rings. The molecule has 1 aliphatic heterocycles. The number of carbonyl (C=O) groups excluding carboxylic acids is 4. The van der Waals surface area contributed by atoms with Gasteiger partial charge in [-0.05, 0) is 104 Å². The number of rotatable bonds is 9. The number of anilines is 1. The van der Waals surface area contributed by atoms with Gasteiger partial charge in [0.05, 0.1) is 23.1 Å². The highest BCUT2D eigenvalue weighted by atomic mass is 32.2. The maximum atomic E-state index is 13.6. The van der Waals surface area contributed by atoms with Crippen LogP contribution in [0.2, 0.25) is 0 Å². The zero-order valence-electron chi connectivity index (χ0n) is 25.4. The van der Waals surface area contributed by atoms with Crippen molar-refractivity contribution >= 4 is 39.4 Å². The molecule has 4 aromatic carbocycles. The first-order valence-corrected chi connectivity index (χ1v) is 16.9. The normalized spacial score (nSPS) is 23.1. The van der Waals surface area contributed by atoms with Crippen LogP contribution < -0.4 is 9.08 Å². The van der Waals surface area contributed by atoms with Crippen LogP contribution in [0.3, 0.4) is 0 Å². The largest absolute Gasteiger partial charge is 0.454 e. The molecule has 238 valence electrons. The monoisotopic (exact) mass is 649 g/mol. The predicted octanol–water partition coefficient (Wildman–Crippen LogP) is 5.73. The van der Waals surface area contributed by atoms with Gasteiger partial charge in [0.25, 0.3) is 0 Å². The molecule has 2 saturated carbocycles. The second-order valence-corrected chi connectivity index (χ2v) is 13.9. The van der Waals surface area contributed by atoms with Gasteiger partial charge in [0.15, 0.2) is 12.4 Å². The maximum absolute atomic E-state index is 13.6. The van der Waals surface area contributed by atoms with Gasteiger partial charge in [0, 0.05) is 5.56 Å². The lowest BCUT2D eigenvalue weighted by atomic mass is 9.73. The van der Waals surface area contributed by atoms with Crippen LogP contribution in [-0.2, 0) is 24.4 Å². The molecule has 5 atom stereocenters. The Bertz CT molecular complexity index is 1970. The van der Waals surface area contributed by atoms with Crippen LogP contribution in [0, 0.1) is 30.6 Å². The number of ketones is 1. The first-order chi connectivity index (χ1) is 22.6. The molecular weight excluding hydrogens is 618 g/mol. The minimum absolute atomic E-state index is 0.00765. The zero-order chi connectivity index (χ0) is 32.9.